The molecule has 3 atom stereocenters. The third kappa shape index (κ3) is 5.47. The average Bonchev–Trinajstić information content (AvgIpc) is 3.39. The van der Waals surface area contributed by atoms with E-state index in [4.69, 9.17) is 26.3 Å². The standard InChI is InChI=1S/C32H38ClFN6O2/c1-21(34)30(41)40-16-15-39(19-24(40)10-13-35)29-26-9-12-32(11-3-5-22-17-23(33)7-8-27(22)32)18-28(26)36-31(37-29)42-20-25-6-4-14-38(25)2/h7-8,17,24-25H,1,3-6,9-12,14-16,18-20H2,2H3/t24-,25-,32?/m0/s1. The minimum absolute atomic E-state index is 0.00428. The highest BCUT2D eigenvalue weighted by Gasteiger charge is 2.42. The Morgan fingerprint density at radius 1 is 1.21 bits per heavy atom. The van der Waals surface area contributed by atoms with Crippen LogP contribution in [0.15, 0.2) is 30.6 Å². The Morgan fingerprint density at radius 2 is 2.07 bits per heavy atom. The van der Waals surface area contributed by atoms with E-state index in [1.54, 1.807) is 0 Å². The highest BCUT2D eigenvalue weighted by atomic mass is 35.5. The quantitative estimate of drug-likeness (QED) is 0.446. The lowest BCUT2D eigenvalue weighted by molar-refractivity contribution is -0.131. The number of likely N-dealkylation sites (tertiary alicyclic amines) is 1. The van der Waals surface area contributed by atoms with Crippen molar-refractivity contribution in [1.29, 1.82) is 5.26 Å². The first-order chi connectivity index (χ1) is 20.3. The predicted molar refractivity (Wildman–Crippen MR) is 159 cm³/mol. The number of likely N-dealkylation sites (N-methyl/N-ethyl adjacent to an activating group) is 1. The van der Waals surface area contributed by atoms with Crippen LogP contribution in [0.5, 0.6) is 6.01 Å². The number of rotatable bonds is 6. The summed E-state index contributed by atoms with van der Waals surface area (Å²) in [6.45, 7) is 5.92. The summed E-state index contributed by atoms with van der Waals surface area (Å²) in [5.41, 5.74) is 4.83. The molecular formula is C32H38ClFN6O2. The maximum absolute atomic E-state index is 13.8. The fraction of sp³-hybridized carbons (Fsp3) is 0.562. The molecule has 2 aliphatic heterocycles. The van der Waals surface area contributed by atoms with E-state index in [9.17, 15) is 14.4 Å². The summed E-state index contributed by atoms with van der Waals surface area (Å²) in [5, 5.41) is 10.3. The summed E-state index contributed by atoms with van der Waals surface area (Å²) < 4.78 is 20.1. The third-order valence-electron chi connectivity index (χ3n) is 9.83. The first-order valence-corrected chi connectivity index (χ1v) is 15.4. The predicted octanol–water partition coefficient (Wildman–Crippen LogP) is 4.78. The van der Waals surface area contributed by atoms with Crippen molar-refractivity contribution in [2.75, 3.05) is 44.7 Å². The number of fused-ring (bicyclic) bond motifs is 3. The van der Waals surface area contributed by atoms with Crippen LogP contribution in [0, 0.1) is 11.3 Å². The van der Waals surface area contributed by atoms with Crippen LogP contribution in [0.25, 0.3) is 0 Å². The van der Waals surface area contributed by atoms with E-state index in [0.717, 1.165) is 80.0 Å². The molecule has 2 aromatic rings. The number of benzene rings is 1. The molecule has 6 rings (SSSR count). The van der Waals surface area contributed by atoms with Gasteiger partial charge in [-0.1, -0.05) is 24.2 Å². The molecule has 2 fully saturated rings. The smallest absolute Gasteiger partial charge is 0.318 e. The highest BCUT2D eigenvalue weighted by molar-refractivity contribution is 6.30. The highest BCUT2D eigenvalue weighted by Crippen LogP contribution is 2.48. The molecule has 1 aromatic carbocycles. The number of aromatic nitrogens is 2. The topological polar surface area (TPSA) is 85.6 Å². The lowest BCUT2D eigenvalue weighted by Gasteiger charge is -2.44. The Bertz CT molecular complexity index is 1430. The largest absolute Gasteiger partial charge is 0.462 e. The number of ether oxygens (including phenoxy) is 1. The molecule has 0 bridgehead atoms. The van der Waals surface area contributed by atoms with Crippen molar-refractivity contribution in [2.45, 2.75) is 75.3 Å². The summed E-state index contributed by atoms with van der Waals surface area (Å²) in [6.07, 6.45) is 8.20. The van der Waals surface area contributed by atoms with Crippen LogP contribution in [0.3, 0.4) is 0 Å². The molecule has 8 nitrogen and oxygen atoms in total. The Kier molecular flexibility index (Phi) is 8.12. The molecule has 0 saturated carbocycles. The minimum atomic E-state index is -1.00. The van der Waals surface area contributed by atoms with Gasteiger partial charge in [0.05, 0.1) is 24.2 Å². The summed E-state index contributed by atoms with van der Waals surface area (Å²) in [4.78, 5) is 28.4. The van der Waals surface area contributed by atoms with Crippen molar-refractivity contribution in [3.05, 3.63) is 58.0 Å². The van der Waals surface area contributed by atoms with Gasteiger partial charge in [-0.15, -0.1) is 0 Å². The molecule has 0 radical (unpaired) electrons. The van der Waals surface area contributed by atoms with Gasteiger partial charge in [0.15, 0.2) is 5.83 Å². The summed E-state index contributed by atoms with van der Waals surface area (Å²) in [5.74, 6) is -0.939. The fourth-order valence-corrected chi connectivity index (χ4v) is 7.78. The molecule has 1 spiro atoms. The molecule has 2 aliphatic carbocycles. The fourth-order valence-electron chi connectivity index (χ4n) is 7.59. The number of hydrogen-bond acceptors (Lipinski definition) is 7. The Balaban J connectivity index is 1.34. The molecule has 222 valence electrons. The van der Waals surface area contributed by atoms with Gasteiger partial charge < -0.3 is 19.4 Å². The lowest BCUT2D eigenvalue weighted by atomic mass is 9.62. The van der Waals surface area contributed by atoms with Gasteiger partial charge in [0, 0.05) is 41.7 Å². The molecule has 10 heteroatoms. The second kappa shape index (κ2) is 11.8. The van der Waals surface area contributed by atoms with Gasteiger partial charge in [0.1, 0.15) is 12.4 Å². The van der Waals surface area contributed by atoms with Crippen LogP contribution in [0.4, 0.5) is 10.2 Å². The van der Waals surface area contributed by atoms with Crippen molar-refractivity contribution in [3.63, 3.8) is 0 Å². The molecule has 1 amide bonds. The number of amides is 1. The van der Waals surface area contributed by atoms with Gasteiger partial charge in [0.25, 0.3) is 5.91 Å². The van der Waals surface area contributed by atoms with Gasteiger partial charge in [-0.3, -0.25) is 4.79 Å². The van der Waals surface area contributed by atoms with Crippen LogP contribution >= 0.6 is 11.6 Å². The number of nitrogens with zero attached hydrogens (tertiary/aromatic N) is 6. The first kappa shape index (κ1) is 28.9. The Labute approximate surface area is 252 Å². The van der Waals surface area contributed by atoms with E-state index in [0.29, 0.717) is 31.7 Å². The zero-order valence-corrected chi connectivity index (χ0v) is 25.0. The zero-order valence-electron chi connectivity index (χ0n) is 24.2. The van der Waals surface area contributed by atoms with E-state index >= 15 is 0 Å². The van der Waals surface area contributed by atoms with E-state index in [1.807, 2.05) is 6.07 Å². The SMILES string of the molecule is C=C(F)C(=O)N1CCN(c2nc(OC[C@@H]3CCCN3C)nc3c2CCC2(CCCc4cc(Cl)ccc42)C3)C[C@@H]1CC#N. The monoisotopic (exact) mass is 592 g/mol. The number of aryl methyl sites for hydroxylation is 1. The zero-order chi connectivity index (χ0) is 29.4. The maximum atomic E-state index is 13.8. The molecule has 2 saturated heterocycles. The average molecular weight is 593 g/mol. The van der Waals surface area contributed by atoms with Crippen LogP contribution in [0.1, 0.15) is 60.9 Å². The first-order valence-electron chi connectivity index (χ1n) is 15.1. The number of piperazine rings is 1. The number of hydrogen-bond donors (Lipinski definition) is 0. The Hall–Kier alpha value is -3.22. The number of halogens is 2. The number of carbonyl (C=O) groups excluding carboxylic acids is 1. The van der Waals surface area contributed by atoms with Crippen molar-refractivity contribution in [1.82, 2.24) is 19.8 Å². The van der Waals surface area contributed by atoms with Gasteiger partial charge in [-0.05, 0) is 88.2 Å². The molecule has 0 N–H and O–H groups in total. The van der Waals surface area contributed by atoms with Gasteiger partial charge in [0.2, 0.25) is 0 Å². The van der Waals surface area contributed by atoms with Crippen LogP contribution in [-0.2, 0) is 29.5 Å². The van der Waals surface area contributed by atoms with E-state index < -0.39 is 17.8 Å². The molecular weight excluding hydrogens is 555 g/mol. The minimum Gasteiger partial charge on any atom is -0.462 e. The summed E-state index contributed by atoms with van der Waals surface area (Å²) in [6, 6.07) is 8.74. The van der Waals surface area contributed by atoms with Gasteiger partial charge in [-0.2, -0.15) is 15.2 Å². The van der Waals surface area contributed by atoms with Crippen LogP contribution in [0.2, 0.25) is 5.02 Å². The molecule has 3 heterocycles. The molecule has 1 unspecified atom stereocenters. The Morgan fingerprint density at radius 3 is 2.83 bits per heavy atom. The number of carbonyl (C=O) groups is 1. The maximum Gasteiger partial charge on any atom is 0.318 e. The van der Waals surface area contributed by atoms with Crippen molar-refractivity contribution >= 4 is 23.3 Å². The second-order valence-corrected chi connectivity index (χ2v) is 12.8. The third-order valence-corrected chi connectivity index (χ3v) is 10.1. The van der Waals surface area contributed by atoms with Crippen molar-refractivity contribution < 1.29 is 13.9 Å². The van der Waals surface area contributed by atoms with Crippen molar-refractivity contribution in [3.8, 4) is 12.1 Å². The summed E-state index contributed by atoms with van der Waals surface area (Å²) in [7, 11) is 2.12. The number of anilines is 1. The van der Waals surface area contributed by atoms with Crippen LogP contribution < -0.4 is 9.64 Å². The van der Waals surface area contributed by atoms with Gasteiger partial charge in [-0.25, -0.2) is 4.39 Å². The molecule has 42 heavy (non-hydrogen) atoms. The van der Waals surface area contributed by atoms with E-state index in [-0.39, 0.29) is 18.4 Å². The summed E-state index contributed by atoms with van der Waals surface area (Å²) >= 11 is 6.38. The lowest BCUT2D eigenvalue weighted by Crippen LogP contribution is -2.55. The van der Waals surface area contributed by atoms with Crippen molar-refractivity contribution in [2.24, 2.45) is 0 Å². The number of nitriles is 1. The van der Waals surface area contributed by atoms with Gasteiger partial charge >= 0.3 is 6.01 Å². The van der Waals surface area contributed by atoms with E-state index in [1.165, 1.54) is 16.0 Å². The van der Waals surface area contributed by atoms with Crippen LogP contribution in [-0.4, -0.2) is 77.6 Å². The van der Waals surface area contributed by atoms with E-state index in [2.05, 4.69) is 41.6 Å². The second-order valence-electron chi connectivity index (χ2n) is 12.3. The normalized spacial score (nSPS) is 25.6. The molecule has 1 aromatic heterocycles. The molecule has 4 aliphatic rings.